The molecule has 8 aromatic rings. The van der Waals surface area contributed by atoms with Crippen LogP contribution in [0.15, 0.2) is 175 Å². The number of hydrogen-bond donors (Lipinski definition) is 0. The summed E-state index contributed by atoms with van der Waals surface area (Å²) in [6.45, 7) is 4.30. The van der Waals surface area contributed by atoms with Crippen LogP contribution in [-0.4, -0.2) is 11.4 Å². The number of aryl methyl sites for hydroxylation is 2. The van der Waals surface area contributed by atoms with E-state index in [0.29, 0.717) is 0 Å². The van der Waals surface area contributed by atoms with Gasteiger partial charge in [-0.15, -0.1) is 23.5 Å². The Morgan fingerprint density at radius 2 is 0.945 bits per heavy atom. The molecule has 2 aliphatic rings. The van der Waals surface area contributed by atoms with E-state index in [0.717, 1.165) is 75.5 Å². The standard InChI is InChI=1S/C49H38N2O2S2/c1-30-28-52-48-36(30)22-32(24-38(48)46-26-42(34-13-5-3-6-14-34)50-40-17-9-11-19-44(40)54-46)21-33-23-37-31(2)29-53-49(37)39(25-33)47-27-43(35-15-7-4-8-16-35)51-41-18-10-12-20-45(41)55-47/h3-20,22-25,28-29,46-47H,21,26-27H2,1-2H3. The summed E-state index contributed by atoms with van der Waals surface area (Å²) in [4.78, 5) is 12.8. The topological polar surface area (TPSA) is 51.0 Å². The van der Waals surface area contributed by atoms with Crippen molar-refractivity contribution in [3.05, 3.63) is 190 Å². The molecule has 0 N–H and O–H groups in total. The van der Waals surface area contributed by atoms with Gasteiger partial charge in [0.25, 0.3) is 0 Å². The Bertz CT molecular complexity index is 2590. The summed E-state index contributed by atoms with van der Waals surface area (Å²) in [5, 5.41) is 2.57. The summed E-state index contributed by atoms with van der Waals surface area (Å²) in [6.07, 6.45) is 6.18. The highest BCUT2D eigenvalue weighted by molar-refractivity contribution is 8.00. The van der Waals surface area contributed by atoms with Gasteiger partial charge in [0, 0.05) is 66.5 Å². The molecule has 0 radical (unpaired) electrons. The van der Waals surface area contributed by atoms with Gasteiger partial charge >= 0.3 is 0 Å². The largest absolute Gasteiger partial charge is 0.464 e. The molecular weight excluding hydrogens is 713 g/mol. The maximum absolute atomic E-state index is 6.38. The fourth-order valence-electron chi connectivity index (χ4n) is 8.01. The van der Waals surface area contributed by atoms with Crippen LogP contribution in [-0.2, 0) is 6.42 Å². The first kappa shape index (κ1) is 34.0. The molecule has 0 saturated heterocycles. The third kappa shape index (κ3) is 6.53. The van der Waals surface area contributed by atoms with Crippen LogP contribution in [0.4, 0.5) is 11.4 Å². The summed E-state index contributed by atoms with van der Waals surface area (Å²) in [5.74, 6) is 0. The number of para-hydroxylation sites is 2. The van der Waals surface area contributed by atoms with Crippen LogP contribution in [0.2, 0.25) is 0 Å². The van der Waals surface area contributed by atoms with Gasteiger partial charge in [0.2, 0.25) is 0 Å². The molecule has 2 atom stereocenters. The van der Waals surface area contributed by atoms with E-state index in [1.54, 1.807) is 0 Å². The molecule has 0 bridgehead atoms. The molecule has 0 saturated carbocycles. The molecule has 0 spiro atoms. The smallest absolute Gasteiger partial charge is 0.138 e. The minimum atomic E-state index is 0.114. The Kier molecular flexibility index (Phi) is 8.81. The average Bonchev–Trinajstić information content (AvgIpc) is 3.62. The fraction of sp³-hybridized carbons (Fsp3) is 0.143. The van der Waals surface area contributed by atoms with E-state index in [9.17, 15) is 0 Å². The quantitative estimate of drug-likeness (QED) is 0.170. The predicted molar refractivity (Wildman–Crippen MR) is 229 cm³/mol. The van der Waals surface area contributed by atoms with Gasteiger partial charge in [0.05, 0.1) is 23.9 Å². The normalized spacial score (nSPS) is 16.9. The summed E-state index contributed by atoms with van der Waals surface area (Å²) >= 11 is 3.78. The lowest BCUT2D eigenvalue weighted by Crippen LogP contribution is -2.07. The second-order valence-corrected chi connectivity index (χ2v) is 17.0. The van der Waals surface area contributed by atoms with E-state index >= 15 is 0 Å². The molecule has 6 heteroatoms. The lowest BCUT2D eigenvalue weighted by molar-refractivity contribution is 0.607. The lowest BCUT2D eigenvalue weighted by Gasteiger charge is -2.19. The molecule has 55 heavy (non-hydrogen) atoms. The number of aliphatic imine (C=N–C) groups is 2. The molecule has 4 heterocycles. The minimum Gasteiger partial charge on any atom is -0.464 e. The first-order valence-corrected chi connectivity index (χ1v) is 20.6. The second-order valence-electron chi connectivity index (χ2n) is 14.5. The third-order valence-electron chi connectivity index (χ3n) is 10.8. The van der Waals surface area contributed by atoms with Gasteiger partial charge in [-0.1, -0.05) is 97.1 Å². The van der Waals surface area contributed by atoms with Crippen molar-refractivity contribution in [1.82, 2.24) is 0 Å². The van der Waals surface area contributed by atoms with Crippen molar-refractivity contribution in [1.29, 1.82) is 0 Å². The molecule has 2 aromatic heterocycles. The zero-order chi connectivity index (χ0) is 36.9. The molecular formula is C49H38N2O2S2. The monoisotopic (exact) mass is 750 g/mol. The molecule has 10 rings (SSSR count). The predicted octanol–water partition coefficient (Wildman–Crippen LogP) is 14.1. The molecule has 0 aliphatic carbocycles. The van der Waals surface area contributed by atoms with Gasteiger partial charge in [0.15, 0.2) is 0 Å². The highest BCUT2D eigenvalue weighted by Gasteiger charge is 2.28. The van der Waals surface area contributed by atoms with Crippen molar-refractivity contribution < 1.29 is 8.83 Å². The number of rotatable bonds is 6. The Morgan fingerprint density at radius 1 is 0.527 bits per heavy atom. The average molecular weight is 751 g/mol. The van der Waals surface area contributed by atoms with Gasteiger partial charge in [-0.05, 0) is 90.0 Å². The Morgan fingerprint density at radius 3 is 1.40 bits per heavy atom. The van der Waals surface area contributed by atoms with E-state index in [2.05, 4.69) is 147 Å². The molecule has 0 fully saturated rings. The maximum atomic E-state index is 6.38. The lowest BCUT2D eigenvalue weighted by atomic mass is 9.93. The van der Waals surface area contributed by atoms with Crippen LogP contribution >= 0.6 is 23.5 Å². The van der Waals surface area contributed by atoms with E-state index in [4.69, 9.17) is 18.8 Å². The molecule has 4 nitrogen and oxygen atoms in total. The number of fused-ring (bicyclic) bond motifs is 4. The van der Waals surface area contributed by atoms with Crippen molar-refractivity contribution in [3.63, 3.8) is 0 Å². The van der Waals surface area contributed by atoms with E-state index in [1.807, 2.05) is 36.1 Å². The van der Waals surface area contributed by atoms with Crippen molar-refractivity contribution in [3.8, 4) is 0 Å². The number of thioether (sulfide) groups is 2. The molecule has 268 valence electrons. The fourth-order valence-corrected chi connectivity index (χ4v) is 10.5. The van der Waals surface area contributed by atoms with Gasteiger partial charge < -0.3 is 8.83 Å². The van der Waals surface area contributed by atoms with Gasteiger partial charge in [-0.3, -0.25) is 9.98 Å². The van der Waals surface area contributed by atoms with E-state index in [1.165, 1.54) is 42.8 Å². The number of benzene rings is 6. The van der Waals surface area contributed by atoms with E-state index in [-0.39, 0.29) is 10.5 Å². The van der Waals surface area contributed by atoms with Crippen molar-refractivity contribution in [2.24, 2.45) is 9.98 Å². The van der Waals surface area contributed by atoms with Gasteiger partial charge in [0.1, 0.15) is 11.2 Å². The zero-order valence-corrected chi connectivity index (χ0v) is 32.3. The molecule has 0 amide bonds. The zero-order valence-electron chi connectivity index (χ0n) is 30.7. The van der Waals surface area contributed by atoms with Crippen molar-refractivity contribution in [2.45, 2.75) is 53.4 Å². The van der Waals surface area contributed by atoms with Crippen LogP contribution in [0.1, 0.15) is 67.8 Å². The Labute approximate surface area is 329 Å². The van der Waals surface area contributed by atoms with Crippen LogP contribution < -0.4 is 0 Å². The van der Waals surface area contributed by atoms with Gasteiger partial charge in [-0.2, -0.15) is 0 Å². The van der Waals surface area contributed by atoms with Crippen molar-refractivity contribution >= 4 is 68.3 Å². The minimum absolute atomic E-state index is 0.114. The molecule has 2 unspecified atom stereocenters. The summed E-state index contributed by atoms with van der Waals surface area (Å²) in [7, 11) is 0. The highest BCUT2D eigenvalue weighted by Crippen LogP contribution is 2.50. The first-order chi connectivity index (χ1) is 27.0. The number of furan rings is 2. The van der Waals surface area contributed by atoms with Crippen LogP contribution in [0, 0.1) is 13.8 Å². The van der Waals surface area contributed by atoms with Crippen LogP contribution in [0.5, 0.6) is 0 Å². The third-order valence-corrected chi connectivity index (χ3v) is 13.4. The molecule has 2 aliphatic heterocycles. The Balaban J connectivity index is 1.07. The highest BCUT2D eigenvalue weighted by atomic mass is 32.2. The molecule has 6 aromatic carbocycles. The summed E-state index contributed by atoms with van der Waals surface area (Å²) in [6, 6.07) is 47.7. The number of hydrogen-bond acceptors (Lipinski definition) is 6. The van der Waals surface area contributed by atoms with E-state index < -0.39 is 0 Å². The van der Waals surface area contributed by atoms with Crippen molar-refractivity contribution in [2.75, 3.05) is 0 Å². The first-order valence-electron chi connectivity index (χ1n) is 18.8. The maximum Gasteiger partial charge on any atom is 0.138 e. The van der Waals surface area contributed by atoms with Crippen LogP contribution in [0.3, 0.4) is 0 Å². The number of nitrogens with zero attached hydrogens (tertiary/aromatic N) is 2. The van der Waals surface area contributed by atoms with Gasteiger partial charge in [-0.25, -0.2) is 0 Å². The second kappa shape index (κ2) is 14.3. The summed E-state index contributed by atoms with van der Waals surface area (Å²) < 4.78 is 12.8. The SMILES string of the molecule is Cc1coc2c(C3CC(c4ccccc4)=Nc4ccccc4S3)cc(Cc3cc(C4CC(c5ccccc5)=Nc5ccccc5S4)c4occ(C)c4c3)cc12. The van der Waals surface area contributed by atoms with Crippen LogP contribution in [0.25, 0.3) is 21.9 Å². The summed E-state index contributed by atoms with van der Waals surface area (Å²) in [5.41, 5.74) is 15.7. The Hall–Kier alpha value is -5.56.